The predicted octanol–water partition coefficient (Wildman–Crippen LogP) is -0.896. The minimum atomic E-state index is -1.22. The summed E-state index contributed by atoms with van der Waals surface area (Å²) in [6, 6.07) is 4.38. The highest BCUT2D eigenvalue weighted by Gasteiger charge is 2.29. The average molecular weight is 502 g/mol. The molecule has 2 aromatic heterocycles. The molecule has 1 aromatic carbocycles. The Labute approximate surface area is 205 Å². The number of carbonyl (C=O) groups excluding carboxylic acids is 3. The number of fused-ring (bicyclic) bond motifs is 1. The van der Waals surface area contributed by atoms with Gasteiger partial charge in [-0.05, 0) is 11.6 Å². The van der Waals surface area contributed by atoms with Gasteiger partial charge in [-0.15, -0.1) is 0 Å². The lowest BCUT2D eigenvalue weighted by molar-refractivity contribution is -0.138. The summed E-state index contributed by atoms with van der Waals surface area (Å²) in [6.07, 6.45) is 5.08. The van der Waals surface area contributed by atoms with Gasteiger partial charge >= 0.3 is 5.97 Å². The molecule has 3 atom stereocenters. The fourth-order valence-corrected chi connectivity index (χ4v) is 3.74. The van der Waals surface area contributed by atoms with Gasteiger partial charge in [-0.1, -0.05) is 18.2 Å². The molecular formula is C22H27N7O5S. The maximum Gasteiger partial charge on any atom is 0.322 e. The van der Waals surface area contributed by atoms with Crippen LogP contribution < -0.4 is 21.7 Å². The van der Waals surface area contributed by atoms with Crippen molar-refractivity contribution in [2.75, 3.05) is 12.3 Å². The molecule has 12 nitrogen and oxygen atoms in total. The smallest absolute Gasteiger partial charge is 0.322 e. The van der Waals surface area contributed by atoms with Gasteiger partial charge in [-0.25, -0.2) is 4.98 Å². The van der Waals surface area contributed by atoms with E-state index < -0.39 is 48.4 Å². The maximum atomic E-state index is 13.2. The van der Waals surface area contributed by atoms with E-state index in [4.69, 9.17) is 10.8 Å². The second kappa shape index (κ2) is 12.0. The third-order valence-corrected chi connectivity index (χ3v) is 5.66. The lowest BCUT2D eigenvalue weighted by Gasteiger charge is -2.23. The molecule has 186 valence electrons. The number of hydrogen-bond donors (Lipinski definition) is 8. The van der Waals surface area contributed by atoms with E-state index in [0.29, 0.717) is 5.69 Å². The Morgan fingerprint density at radius 3 is 2.46 bits per heavy atom. The first-order chi connectivity index (χ1) is 16.8. The van der Waals surface area contributed by atoms with Crippen LogP contribution in [0.5, 0.6) is 0 Å². The summed E-state index contributed by atoms with van der Waals surface area (Å²) in [5.41, 5.74) is 8.34. The number of amides is 3. The molecule has 0 radical (unpaired) electrons. The molecule has 0 bridgehead atoms. The average Bonchev–Trinajstić information content (AvgIpc) is 3.50. The molecule has 3 rings (SSSR count). The number of nitrogens with zero attached hydrogens (tertiary/aromatic N) is 1. The van der Waals surface area contributed by atoms with Crippen molar-refractivity contribution in [1.82, 2.24) is 30.9 Å². The first-order valence-electron chi connectivity index (χ1n) is 10.8. The van der Waals surface area contributed by atoms with E-state index in [0.717, 1.165) is 16.5 Å². The standard InChI is InChI=1S/C22H27N7O5S/c23-15(6-13-8-24-11-27-13)20(32)28-17(5-12-7-25-16-4-2-1-3-14(12)16)22(34)29-18(10-35)21(33)26-9-19(30)31/h1-4,7-8,11,15,17-18,25,35H,5-6,9-10,23H2,(H,24,27)(H,26,33)(H,28,32)(H,29,34)(H,30,31). The second-order valence-corrected chi connectivity index (χ2v) is 8.23. The number of para-hydroxylation sites is 1. The summed E-state index contributed by atoms with van der Waals surface area (Å²) in [6.45, 7) is -0.600. The van der Waals surface area contributed by atoms with Crippen LogP contribution in [0.1, 0.15) is 11.3 Å². The normalized spacial score (nSPS) is 13.5. The second-order valence-electron chi connectivity index (χ2n) is 7.87. The highest BCUT2D eigenvalue weighted by atomic mass is 32.1. The van der Waals surface area contributed by atoms with Crippen LogP contribution in [-0.2, 0) is 32.0 Å². The predicted molar refractivity (Wildman–Crippen MR) is 131 cm³/mol. The lowest BCUT2D eigenvalue weighted by atomic mass is 10.0. The van der Waals surface area contributed by atoms with Crippen molar-refractivity contribution in [2.45, 2.75) is 31.0 Å². The molecule has 0 aliphatic carbocycles. The van der Waals surface area contributed by atoms with Gasteiger partial charge in [0, 0.05) is 47.6 Å². The van der Waals surface area contributed by atoms with Crippen LogP contribution in [0.15, 0.2) is 43.0 Å². The van der Waals surface area contributed by atoms with Crippen LogP contribution in [0.4, 0.5) is 0 Å². The number of H-pyrrole nitrogens is 2. The largest absolute Gasteiger partial charge is 0.480 e. The molecule has 35 heavy (non-hydrogen) atoms. The van der Waals surface area contributed by atoms with Gasteiger partial charge < -0.3 is 36.8 Å². The summed E-state index contributed by atoms with van der Waals surface area (Å²) in [5, 5.41) is 17.1. The summed E-state index contributed by atoms with van der Waals surface area (Å²) >= 11 is 4.09. The monoisotopic (exact) mass is 501 g/mol. The number of aromatic nitrogens is 3. The van der Waals surface area contributed by atoms with Gasteiger partial charge in [0.05, 0.1) is 12.4 Å². The summed E-state index contributed by atoms with van der Waals surface area (Å²) < 4.78 is 0. The number of benzene rings is 1. The third-order valence-electron chi connectivity index (χ3n) is 5.29. The van der Waals surface area contributed by atoms with Gasteiger partial charge in [-0.3, -0.25) is 19.2 Å². The van der Waals surface area contributed by atoms with E-state index in [2.05, 4.69) is 43.5 Å². The lowest BCUT2D eigenvalue weighted by Crippen LogP contribution is -2.57. The highest BCUT2D eigenvalue weighted by molar-refractivity contribution is 7.80. The number of rotatable bonds is 12. The zero-order chi connectivity index (χ0) is 25.4. The number of carboxylic acids is 1. The van der Waals surface area contributed by atoms with E-state index >= 15 is 0 Å². The van der Waals surface area contributed by atoms with Crippen LogP contribution in [0, 0.1) is 0 Å². The van der Waals surface area contributed by atoms with Gasteiger partial charge in [0.15, 0.2) is 0 Å². The molecule has 3 unspecified atom stereocenters. The van der Waals surface area contributed by atoms with Gasteiger partial charge in [0.2, 0.25) is 17.7 Å². The zero-order valence-corrected chi connectivity index (χ0v) is 19.5. The number of nitrogens with two attached hydrogens (primary N) is 1. The molecule has 3 aromatic rings. The van der Waals surface area contributed by atoms with E-state index in [1.54, 1.807) is 12.4 Å². The van der Waals surface area contributed by atoms with E-state index in [1.165, 1.54) is 6.33 Å². The zero-order valence-electron chi connectivity index (χ0n) is 18.7. The van der Waals surface area contributed by atoms with E-state index in [-0.39, 0.29) is 18.6 Å². The number of thiol groups is 1. The van der Waals surface area contributed by atoms with Gasteiger partial charge in [0.25, 0.3) is 0 Å². The Morgan fingerprint density at radius 2 is 1.77 bits per heavy atom. The number of aliphatic carboxylic acids is 1. The quantitative estimate of drug-likeness (QED) is 0.147. The van der Waals surface area contributed by atoms with Crippen LogP contribution in [0.2, 0.25) is 0 Å². The molecule has 0 aliphatic heterocycles. The maximum absolute atomic E-state index is 13.2. The number of aromatic amines is 2. The molecule has 0 aliphatic rings. The van der Waals surface area contributed by atoms with Crippen LogP contribution in [0.25, 0.3) is 10.9 Å². The fraction of sp³-hybridized carbons (Fsp3) is 0.318. The Bertz CT molecular complexity index is 1180. The Morgan fingerprint density at radius 1 is 1.03 bits per heavy atom. The molecular weight excluding hydrogens is 474 g/mol. The minimum Gasteiger partial charge on any atom is -0.480 e. The van der Waals surface area contributed by atoms with E-state index in [1.807, 2.05) is 24.3 Å². The number of hydrogen-bond acceptors (Lipinski definition) is 7. The van der Waals surface area contributed by atoms with Crippen LogP contribution >= 0.6 is 12.6 Å². The van der Waals surface area contributed by atoms with Gasteiger partial charge in [-0.2, -0.15) is 12.6 Å². The molecule has 0 spiro atoms. The molecule has 13 heteroatoms. The van der Waals surface area contributed by atoms with E-state index in [9.17, 15) is 19.2 Å². The van der Waals surface area contributed by atoms with Crippen molar-refractivity contribution in [3.63, 3.8) is 0 Å². The van der Waals surface area contributed by atoms with Crippen LogP contribution in [0.3, 0.4) is 0 Å². The first-order valence-corrected chi connectivity index (χ1v) is 11.4. The van der Waals surface area contributed by atoms with Crippen molar-refractivity contribution in [3.05, 3.63) is 54.2 Å². The summed E-state index contributed by atoms with van der Waals surface area (Å²) in [7, 11) is 0. The number of carbonyl (C=O) groups is 4. The van der Waals surface area contributed by atoms with Crippen molar-refractivity contribution >= 4 is 47.2 Å². The highest BCUT2D eigenvalue weighted by Crippen LogP contribution is 2.19. The number of carboxylic acid groups (broad SMARTS) is 1. The number of imidazole rings is 1. The first kappa shape index (κ1) is 25.8. The van der Waals surface area contributed by atoms with Crippen LogP contribution in [-0.4, -0.2) is 74.2 Å². The Hall–Kier alpha value is -3.84. The summed E-state index contributed by atoms with van der Waals surface area (Å²) in [4.78, 5) is 58.9. The van der Waals surface area contributed by atoms with Crippen molar-refractivity contribution in [2.24, 2.45) is 5.73 Å². The molecule has 3 amide bonds. The number of nitrogens with one attached hydrogen (secondary N) is 5. The van der Waals surface area contributed by atoms with Crippen molar-refractivity contribution in [1.29, 1.82) is 0 Å². The SMILES string of the molecule is NC(Cc1cnc[nH]1)C(=O)NC(Cc1c[nH]c2ccccc12)C(=O)NC(CS)C(=O)NCC(=O)O. The van der Waals surface area contributed by atoms with Gasteiger partial charge in [0.1, 0.15) is 18.6 Å². The topological polar surface area (TPSA) is 195 Å². The molecule has 0 saturated heterocycles. The fourth-order valence-electron chi connectivity index (χ4n) is 3.49. The van der Waals surface area contributed by atoms with Crippen molar-refractivity contribution < 1.29 is 24.3 Å². The Kier molecular flexibility index (Phi) is 8.86. The minimum absolute atomic E-state index is 0.0791. The molecule has 2 heterocycles. The summed E-state index contributed by atoms with van der Waals surface area (Å²) in [5.74, 6) is -3.20. The molecule has 8 N–H and O–H groups in total. The molecule has 0 saturated carbocycles. The Balaban J connectivity index is 1.76. The third kappa shape index (κ3) is 7.07. The molecule has 0 fully saturated rings. The van der Waals surface area contributed by atoms with Crippen molar-refractivity contribution in [3.8, 4) is 0 Å².